The van der Waals surface area contributed by atoms with Crippen LogP contribution in [0.5, 0.6) is 0 Å². The fraction of sp³-hybridized carbons (Fsp3) is 0.0270. The van der Waals surface area contributed by atoms with Crippen LogP contribution < -0.4 is 0 Å². The molecule has 1 atom stereocenters. The summed E-state index contributed by atoms with van der Waals surface area (Å²) in [7, 11) is -0.274. The van der Waals surface area contributed by atoms with E-state index in [4.69, 9.17) is 8.23 Å². The normalized spacial score (nSPS) is 15.0. The van der Waals surface area contributed by atoms with Crippen molar-refractivity contribution in [2.75, 3.05) is 0 Å². The van der Waals surface area contributed by atoms with Gasteiger partial charge in [-0.15, -0.1) is 0 Å². The predicted molar refractivity (Wildman–Crippen MR) is 195 cm³/mol. The van der Waals surface area contributed by atoms with Crippen LogP contribution in [0.25, 0.3) is 49.7 Å². The zero-order valence-electron chi connectivity index (χ0n) is 24.6. The maximum Gasteiger partial charge on any atom is 0.175 e. The first-order valence-corrected chi connectivity index (χ1v) is 19.2. The van der Waals surface area contributed by atoms with Gasteiger partial charge in [0.1, 0.15) is 21.0 Å². The van der Waals surface area contributed by atoms with Gasteiger partial charge >= 0.3 is 0 Å². The van der Waals surface area contributed by atoms with Crippen molar-refractivity contribution in [3.8, 4) is 33.4 Å². The highest BCUT2D eigenvalue weighted by atomic mass is 28.3. The van der Waals surface area contributed by atoms with Crippen LogP contribution in [0, 0.1) is 0 Å². The first kappa shape index (κ1) is 27.9. The van der Waals surface area contributed by atoms with Crippen LogP contribution in [0.1, 0.15) is 22.2 Å². The van der Waals surface area contributed by atoms with Crippen LogP contribution in [0.15, 0.2) is 145 Å². The number of rotatable bonds is 8. The lowest BCUT2D eigenvalue weighted by Gasteiger charge is -2.35. The molecule has 1 aliphatic carbocycles. The second-order valence-electron chi connectivity index (χ2n) is 11.1. The third kappa shape index (κ3) is 4.96. The van der Waals surface area contributed by atoms with Crippen LogP contribution in [0.3, 0.4) is 0 Å². The third-order valence-electron chi connectivity index (χ3n) is 8.62. The van der Waals surface area contributed by atoms with Gasteiger partial charge in [0.25, 0.3) is 0 Å². The Labute approximate surface area is 264 Å². The van der Waals surface area contributed by atoms with E-state index in [2.05, 4.69) is 140 Å². The van der Waals surface area contributed by atoms with Crippen molar-refractivity contribution < 1.29 is 8.23 Å². The standard InChI is InChI=1S/C37H34O2Si4/c40-38-42-36-29-23-13-22-28-30(24-14-5-1-6-15-24)31(25-16-7-2-8-17-25)32(26-18-9-3-10-19-26)35(34(28)29)33(37(36)43-39-41)27-20-11-4-12-21-27/h1-23,36H,42-43H2,40-41H3. The lowest BCUT2D eigenvalue weighted by atomic mass is 9.74. The van der Waals surface area contributed by atoms with Crippen LogP contribution in [-0.4, -0.2) is 40.5 Å². The minimum atomic E-state index is -0.937. The maximum absolute atomic E-state index is 6.27. The fourth-order valence-electron chi connectivity index (χ4n) is 6.94. The molecular weight excluding hydrogens is 589 g/mol. The number of hydrogen-bond donors (Lipinski definition) is 0. The molecule has 0 amide bonds. The molecular formula is C37H34O2Si4. The van der Waals surface area contributed by atoms with E-state index in [1.165, 1.54) is 71.6 Å². The van der Waals surface area contributed by atoms with E-state index >= 15 is 0 Å². The summed E-state index contributed by atoms with van der Waals surface area (Å²) < 4.78 is 12.5. The Morgan fingerprint density at radius 1 is 0.465 bits per heavy atom. The minimum Gasteiger partial charge on any atom is -0.467 e. The largest absolute Gasteiger partial charge is 0.467 e. The Balaban J connectivity index is 1.78. The molecule has 0 heterocycles. The molecule has 0 aliphatic heterocycles. The van der Waals surface area contributed by atoms with Crippen molar-refractivity contribution in [1.82, 2.24) is 0 Å². The molecule has 210 valence electrons. The van der Waals surface area contributed by atoms with Gasteiger partial charge in [-0.25, -0.2) is 0 Å². The monoisotopic (exact) mass is 622 g/mol. The average molecular weight is 623 g/mol. The SMILES string of the molecule is [SiH3]O[SiH2]C1=C(c2ccccc2)c2c(-c3ccccc3)c(-c3ccccc3)c(-c3ccccc3)c3cccc(c23)C1[SiH2]O[SiH3]. The lowest BCUT2D eigenvalue weighted by molar-refractivity contribution is 0.642. The Morgan fingerprint density at radius 3 is 1.47 bits per heavy atom. The molecule has 43 heavy (non-hydrogen) atoms. The van der Waals surface area contributed by atoms with Gasteiger partial charge in [-0.05, 0) is 71.6 Å². The third-order valence-corrected chi connectivity index (χ3v) is 14.1. The van der Waals surface area contributed by atoms with Crippen LogP contribution in [0.2, 0.25) is 0 Å². The first-order valence-electron chi connectivity index (χ1n) is 14.9. The fourth-order valence-corrected chi connectivity index (χ4v) is 12.1. The Bertz CT molecular complexity index is 1930. The number of hydrogen-bond acceptors (Lipinski definition) is 2. The highest BCUT2D eigenvalue weighted by molar-refractivity contribution is 6.52. The topological polar surface area (TPSA) is 18.5 Å². The summed E-state index contributed by atoms with van der Waals surface area (Å²) in [4.78, 5) is 0. The summed E-state index contributed by atoms with van der Waals surface area (Å²) in [5.74, 6) is 0. The number of benzene rings is 6. The second-order valence-corrected chi connectivity index (χ2v) is 17.9. The first-order chi connectivity index (χ1) is 21.3. The van der Waals surface area contributed by atoms with Gasteiger partial charge in [0, 0.05) is 5.54 Å². The molecule has 7 rings (SSSR count). The van der Waals surface area contributed by atoms with Gasteiger partial charge < -0.3 is 8.23 Å². The highest BCUT2D eigenvalue weighted by Crippen LogP contribution is 2.55. The van der Waals surface area contributed by atoms with E-state index in [1.807, 2.05) is 0 Å². The maximum atomic E-state index is 6.27. The molecule has 2 nitrogen and oxygen atoms in total. The summed E-state index contributed by atoms with van der Waals surface area (Å²) in [6.45, 7) is 0. The molecule has 6 aromatic rings. The molecule has 0 aromatic heterocycles. The molecule has 6 heteroatoms. The van der Waals surface area contributed by atoms with Gasteiger partial charge in [-0.1, -0.05) is 140 Å². The molecule has 1 aliphatic rings. The van der Waals surface area contributed by atoms with E-state index < -0.39 is 19.5 Å². The van der Waals surface area contributed by atoms with E-state index in [0.717, 1.165) is 21.0 Å². The van der Waals surface area contributed by atoms with E-state index in [1.54, 1.807) is 0 Å². The van der Waals surface area contributed by atoms with Crippen LogP contribution >= 0.6 is 0 Å². The lowest BCUT2D eigenvalue weighted by Crippen LogP contribution is -2.24. The van der Waals surface area contributed by atoms with Crippen molar-refractivity contribution in [3.63, 3.8) is 0 Å². The Kier molecular flexibility index (Phi) is 8.04. The molecule has 0 N–H and O–H groups in total. The average Bonchev–Trinajstić information content (AvgIpc) is 3.08. The molecule has 0 fully saturated rings. The summed E-state index contributed by atoms with van der Waals surface area (Å²) >= 11 is 0. The second kappa shape index (κ2) is 12.4. The Hall–Kier alpha value is -3.89. The van der Waals surface area contributed by atoms with Crippen molar-refractivity contribution in [3.05, 3.63) is 161 Å². The molecule has 0 spiro atoms. The molecule has 6 aromatic carbocycles. The smallest absolute Gasteiger partial charge is 0.175 e. The predicted octanol–water partition coefficient (Wildman–Crippen LogP) is 5.42. The molecule has 1 unspecified atom stereocenters. The van der Waals surface area contributed by atoms with Gasteiger partial charge in [-0.3, -0.25) is 0 Å². The van der Waals surface area contributed by atoms with Gasteiger partial charge in [-0.2, -0.15) is 0 Å². The summed E-state index contributed by atoms with van der Waals surface area (Å²) in [6.07, 6.45) is 0. The zero-order valence-corrected chi connectivity index (χ0v) is 31.4. The van der Waals surface area contributed by atoms with Gasteiger partial charge in [0.2, 0.25) is 0 Å². The van der Waals surface area contributed by atoms with Crippen molar-refractivity contribution >= 4 is 56.8 Å². The van der Waals surface area contributed by atoms with E-state index in [0.29, 0.717) is 5.54 Å². The zero-order chi connectivity index (χ0) is 29.2. The molecule has 0 bridgehead atoms. The molecule has 0 saturated heterocycles. The van der Waals surface area contributed by atoms with E-state index in [-0.39, 0.29) is 0 Å². The van der Waals surface area contributed by atoms with Crippen molar-refractivity contribution in [2.45, 2.75) is 5.54 Å². The number of allylic oxidation sites excluding steroid dienone is 1. The Morgan fingerprint density at radius 2 is 0.953 bits per heavy atom. The summed E-state index contributed by atoms with van der Waals surface area (Å²) in [6, 6.07) is 51.0. The summed E-state index contributed by atoms with van der Waals surface area (Å²) in [5.41, 5.74) is 13.3. The van der Waals surface area contributed by atoms with Crippen molar-refractivity contribution in [1.29, 1.82) is 0 Å². The van der Waals surface area contributed by atoms with Crippen LogP contribution in [0.4, 0.5) is 0 Å². The molecule has 0 saturated carbocycles. The van der Waals surface area contributed by atoms with Gasteiger partial charge in [0.05, 0.1) is 0 Å². The van der Waals surface area contributed by atoms with Crippen LogP contribution in [-0.2, 0) is 8.23 Å². The van der Waals surface area contributed by atoms with Gasteiger partial charge in [0.15, 0.2) is 19.5 Å². The van der Waals surface area contributed by atoms with Crippen molar-refractivity contribution in [2.24, 2.45) is 0 Å². The quantitative estimate of drug-likeness (QED) is 0.211. The highest BCUT2D eigenvalue weighted by Gasteiger charge is 2.35. The summed E-state index contributed by atoms with van der Waals surface area (Å²) in [5, 5.41) is 4.19. The molecule has 0 radical (unpaired) electrons. The minimum absolute atomic E-state index is 0.319. The van der Waals surface area contributed by atoms with E-state index in [9.17, 15) is 0 Å².